The van der Waals surface area contributed by atoms with Crippen molar-refractivity contribution < 1.29 is 34.1 Å². The highest BCUT2D eigenvalue weighted by atomic mass is 16.5. The average molecular weight is 449 g/mol. The van der Waals surface area contributed by atoms with Crippen molar-refractivity contribution in [3.63, 3.8) is 0 Å². The second kappa shape index (κ2) is 9.15. The predicted octanol–water partition coefficient (Wildman–Crippen LogP) is 1.99. The number of methoxy groups -OCH3 is 2. The highest BCUT2D eigenvalue weighted by Gasteiger charge is 2.43. The molecule has 2 aromatic carbocycles. The lowest BCUT2D eigenvalue weighted by atomic mass is 9.81. The van der Waals surface area contributed by atoms with Gasteiger partial charge in [0.1, 0.15) is 22.8 Å². The van der Waals surface area contributed by atoms with Crippen molar-refractivity contribution >= 4 is 23.6 Å². The molecule has 1 aliphatic rings. The van der Waals surface area contributed by atoms with Gasteiger partial charge in [-0.15, -0.1) is 0 Å². The second-order valence-electron chi connectivity index (χ2n) is 6.84. The lowest BCUT2D eigenvalue weighted by Crippen LogP contribution is -2.40. The monoisotopic (exact) mass is 449 g/mol. The lowest BCUT2D eigenvalue weighted by Gasteiger charge is -2.35. The summed E-state index contributed by atoms with van der Waals surface area (Å²) in [7, 11) is 2.22. The topological polar surface area (TPSA) is 163 Å². The molecule has 0 spiro atoms. The maximum absolute atomic E-state index is 12.9. The first-order valence-electron chi connectivity index (χ1n) is 9.48. The first kappa shape index (κ1) is 22.9. The Kier molecular flexibility index (Phi) is 6.35. The summed E-state index contributed by atoms with van der Waals surface area (Å²) < 4.78 is 9.82. The summed E-state index contributed by atoms with van der Waals surface area (Å²) in [6.07, 6.45) is 0. The Bertz CT molecular complexity index is 1240. The number of aromatic carboxylic acids is 1. The number of carboxylic acid groups (broad SMARTS) is 1. The van der Waals surface area contributed by atoms with Gasteiger partial charge in [0.15, 0.2) is 0 Å². The molecule has 0 saturated carbocycles. The number of allylic oxidation sites excluding steroid dienone is 1. The minimum absolute atomic E-state index is 0.0241. The van der Waals surface area contributed by atoms with Crippen LogP contribution in [0.2, 0.25) is 0 Å². The van der Waals surface area contributed by atoms with Crippen molar-refractivity contribution in [1.29, 1.82) is 5.26 Å². The van der Waals surface area contributed by atoms with Crippen molar-refractivity contribution in [1.82, 2.24) is 0 Å². The molecule has 168 valence electrons. The molecule has 1 heterocycles. The van der Waals surface area contributed by atoms with E-state index in [0.29, 0.717) is 5.56 Å². The molecular weight excluding hydrogens is 430 g/mol. The fourth-order valence-electron chi connectivity index (χ4n) is 3.62. The van der Waals surface area contributed by atoms with Crippen LogP contribution < -0.4 is 10.6 Å². The third-order valence-corrected chi connectivity index (χ3v) is 5.08. The van der Waals surface area contributed by atoms with Crippen LogP contribution in [-0.2, 0) is 19.1 Å². The second-order valence-corrected chi connectivity index (χ2v) is 6.84. The molecule has 10 nitrogen and oxygen atoms in total. The Morgan fingerprint density at radius 2 is 1.70 bits per heavy atom. The third kappa shape index (κ3) is 3.95. The number of esters is 2. The van der Waals surface area contributed by atoms with E-state index in [1.165, 1.54) is 6.07 Å². The molecule has 0 radical (unpaired) electrons. The van der Waals surface area contributed by atoms with Gasteiger partial charge in [0.05, 0.1) is 43.0 Å². The van der Waals surface area contributed by atoms with Crippen LogP contribution in [0, 0.1) is 11.3 Å². The molecule has 4 N–H and O–H groups in total. The van der Waals surface area contributed by atoms with E-state index in [2.05, 4.69) is 0 Å². The normalized spacial score (nSPS) is 15.7. The fourth-order valence-corrected chi connectivity index (χ4v) is 3.62. The lowest BCUT2D eigenvalue weighted by molar-refractivity contribution is -0.139. The summed E-state index contributed by atoms with van der Waals surface area (Å²) in [5.41, 5.74) is 5.85. The highest BCUT2D eigenvalue weighted by Crippen LogP contribution is 2.43. The Hall–Kier alpha value is -4.78. The van der Waals surface area contributed by atoms with E-state index in [9.17, 15) is 29.9 Å². The Balaban J connectivity index is 2.40. The van der Waals surface area contributed by atoms with Gasteiger partial charge < -0.3 is 25.4 Å². The van der Waals surface area contributed by atoms with E-state index in [1.807, 2.05) is 6.07 Å². The molecule has 0 aliphatic carbocycles. The average Bonchev–Trinajstić information content (AvgIpc) is 2.82. The maximum Gasteiger partial charge on any atom is 0.355 e. The number of ether oxygens (including phenoxy) is 2. The molecule has 33 heavy (non-hydrogen) atoms. The number of hydrogen-bond acceptors (Lipinski definition) is 9. The first-order valence-corrected chi connectivity index (χ1v) is 9.48. The quantitative estimate of drug-likeness (QED) is 0.575. The number of carbonyl (C=O) groups excluding carboxylic acids is 2. The van der Waals surface area contributed by atoms with Crippen molar-refractivity contribution in [2.45, 2.75) is 5.92 Å². The fraction of sp³-hybridized carbons (Fsp3) is 0.130. The molecule has 2 aromatic rings. The number of phenols is 1. The standard InChI is InChI=1S/C23H19N3O7/c1-32-22(30)18-17(12-6-4-3-5-7-12)15(11-24)20(25)26(19(18)23(31)33-2)13-8-9-14(21(28)29)16(27)10-13/h3-10,17,27H,25H2,1-2H3,(H,28,29). The van der Waals surface area contributed by atoms with Crippen molar-refractivity contribution in [2.75, 3.05) is 19.1 Å². The van der Waals surface area contributed by atoms with Gasteiger partial charge in [-0.25, -0.2) is 14.4 Å². The number of hydrogen-bond donors (Lipinski definition) is 3. The number of anilines is 1. The molecule has 10 heteroatoms. The molecular formula is C23H19N3O7. The third-order valence-electron chi connectivity index (χ3n) is 5.08. The van der Waals surface area contributed by atoms with Crippen LogP contribution in [0.3, 0.4) is 0 Å². The Morgan fingerprint density at radius 3 is 2.21 bits per heavy atom. The van der Waals surface area contributed by atoms with E-state index in [1.54, 1.807) is 30.3 Å². The van der Waals surface area contributed by atoms with Crippen LogP contribution in [0.1, 0.15) is 21.8 Å². The van der Waals surface area contributed by atoms with Crippen molar-refractivity contribution in [3.8, 4) is 11.8 Å². The van der Waals surface area contributed by atoms with Crippen molar-refractivity contribution in [2.24, 2.45) is 5.73 Å². The molecule has 0 bridgehead atoms. The smallest absolute Gasteiger partial charge is 0.355 e. The van der Waals surface area contributed by atoms with Gasteiger partial charge in [0.2, 0.25) is 0 Å². The van der Waals surface area contributed by atoms with Gasteiger partial charge >= 0.3 is 17.9 Å². The number of carbonyl (C=O) groups is 3. The zero-order valence-corrected chi connectivity index (χ0v) is 17.6. The van der Waals surface area contributed by atoms with Crippen LogP contribution in [0.4, 0.5) is 5.69 Å². The van der Waals surface area contributed by atoms with Gasteiger partial charge in [-0.05, 0) is 17.7 Å². The largest absolute Gasteiger partial charge is 0.507 e. The van der Waals surface area contributed by atoms with Gasteiger partial charge in [-0.3, -0.25) is 4.90 Å². The SMILES string of the molecule is COC(=O)C1=C(C(=O)OC)N(c2ccc(C(=O)O)c(O)c2)C(N)=C(C#N)C1c1ccccc1. The minimum atomic E-state index is -1.37. The summed E-state index contributed by atoms with van der Waals surface area (Å²) in [5.74, 6) is -5.09. The molecule has 1 unspecified atom stereocenters. The van der Waals surface area contributed by atoms with Crippen LogP contribution in [0.5, 0.6) is 5.75 Å². The Labute approximate surface area is 188 Å². The zero-order valence-electron chi connectivity index (χ0n) is 17.6. The molecule has 0 fully saturated rings. The molecule has 0 aromatic heterocycles. The van der Waals surface area contributed by atoms with E-state index in [-0.39, 0.29) is 28.4 Å². The van der Waals surface area contributed by atoms with Crippen LogP contribution in [-0.4, -0.2) is 42.3 Å². The number of carboxylic acids is 1. The highest BCUT2D eigenvalue weighted by molar-refractivity contribution is 6.06. The number of rotatable bonds is 5. The zero-order chi connectivity index (χ0) is 24.3. The predicted molar refractivity (Wildman–Crippen MR) is 115 cm³/mol. The molecule has 1 atom stereocenters. The number of benzene rings is 2. The van der Waals surface area contributed by atoms with E-state index in [0.717, 1.165) is 31.3 Å². The summed E-state index contributed by atoms with van der Waals surface area (Å²) >= 11 is 0. The summed E-state index contributed by atoms with van der Waals surface area (Å²) in [6.45, 7) is 0. The molecule has 0 amide bonds. The molecule has 3 rings (SSSR count). The van der Waals surface area contributed by atoms with Gasteiger partial charge in [0, 0.05) is 6.07 Å². The van der Waals surface area contributed by atoms with Gasteiger partial charge in [-0.1, -0.05) is 30.3 Å². The van der Waals surface area contributed by atoms with E-state index in [4.69, 9.17) is 15.2 Å². The minimum Gasteiger partial charge on any atom is -0.507 e. The summed E-state index contributed by atoms with van der Waals surface area (Å²) in [6, 6.07) is 13.9. The van der Waals surface area contributed by atoms with E-state index >= 15 is 0 Å². The van der Waals surface area contributed by atoms with E-state index < -0.39 is 35.1 Å². The number of nitriles is 1. The number of nitrogens with two attached hydrogens (primary N) is 1. The van der Waals surface area contributed by atoms with Crippen molar-refractivity contribution in [3.05, 3.63) is 82.3 Å². The Morgan fingerprint density at radius 1 is 1.06 bits per heavy atom. The maximum atomic E-state index is 12.9. The van der Waals surface area contributed by atoms with Gasteiger partial charge in [-0.2, -0.15) is 5.26 Å². The van der Waals surface area contributed by atoms with Crippen LogP contribution in [0.15, 0.2) is 71.2 Å². The summed E-state index contributed by atoms with van der Waals surface area (Å²) in [5, 5.41) is 29.3. The number of aromatic hydroxyl groups is 1. The first-order chi connectivity index (χ1) is 15.8. The molecule has 0 saturated heterocycles. The van der Waals surface area contributed by atoms with Crippen LogP contribution >= 0.6 is 0 Å². The number of nitrogens with zero attached hydrogens (tertiary/aromatic N) is 2. The van der Waals surface area contributed by atoms with Crippen LogP contribution in [0.25, 0.3) is 0 Å². The molecule has 1 aliphatic heterocycles. The van der Waals surface area contributed by atoms with Gasteiger partial charge in [0.25, 0.3) is 0 Å². The summed E-state index contributed by atoms with van der Waals surface area (Å²) in [4.78, 5) is 38.2.